The molecule has 0 fully saturated rings. The number of nitrogens with one attached hydrogen (secondary N) is 2. The highest BCUT2D eigenvalue weighted by atomic mass is 16.2. The van der Waals surface area contributed by atoms with E-state index in [2.05, 4.69) is 34.6 Å². The summed E-state index contributed by atoms with van der Waals surface area (Å²) in [6.07, 6.45) is 6.00. The summed E-state index contributed by atoms with van der Waals surface area (Å²) >= 11 is 0. The Kier molecular flexibility index (Phi) is 6.54. The molecular formula is C19H19N3O2. The molecule has 1 aromatic carbocycles. The average molecular weight is 321 g/mol. The van der Waals surface area contributed by atoms with Gasteiger partial charge < -0.3 is 0 Å². The third kappa shape index (κ3) is 5.25. The maximum Gasteiger partial charge on any atom is 0.271 e. The zero-order chi connectivity index (χ0) is 17.2. The Morgan fingerprint density at radius 3 is 2.46 bits per heavy atom. The lowest BCUT2D eigenvalue weighted by atomic mass is 10.2. The maximum atomic E-state index is 12.1. The van der Waals surface area contributed by atoms with Gasteiger partial charge in [-0.1, -0.05) is 43.4 Å². The third-order valence-electron chi connectivity index (χ3n) is 3.21. The zero-order valence-electron chi connectivity index (χ0n) is 13.5. The highest BCUT2D eigenvalue weighted by Crippen LogP contribution is 2.02. The number of pyridine rings is 1. The van der Waals surface area contributed by atoms with E-state index in [0.29, 0.717) is 16.7 Å². The van der Waals surface area contributed by atoms with Crippen LogP contribution in [0.5, 0.6) is 0 Å². The highest BCUT2D eigenvalue weighted by Gasteiger charge is 2.09. The molecule has 2 rings (SSSR count). The minimum absolute atomic E-state index is 0.339. The van der Waals surface area contributed by atoms with Crippen LogP contribution in [0.25, 0.3) is 0 Å². The van der Waals surface area contributed by atoms with Gasteiger partial charge >= 0.3 is 0 Å². The van der Waals surface area contributed by atoms with Crippen LogP contribution in [0.4, 0.5) is 0 Å². The summed E-state index contributed by atoms with van der Waals surface area (Å²) in [7, 11) is 0. The van der Waals surface area contributed by atoms with Gasteiger partial charge in [0.25, 0.3) is 11.8 Å². The van der Waals surface area contributed by atoms with Gasteiger partial charge in [-0.25, -0.2) is 0 Å². The number of hydrazine groups is 1. The Balaban J connectivity index is 1.94. The molecule has 0 spiro atoms. The van der Waals surface area contributed by atoms with Crippen molar-refractivity contribution in [2.75, 3.05) is 0 Å². The first kappa shape index (κ1) is 17.2. The van der Waals surface area contributed by atoms with E-state index in [1.165, 1.54) is 6.20 Å². The van der Waals surface area contributed by atoms with Gasteiger partial charge in [0.05, 0.1) is 5.56 Å². The molecule has 0 aliphatic heterocycles. The molecule has 0 aliphatic rings. The van der Waals surface area contributed by atoms with Crippen LogP contribution in [0.2, 0.25) is 0 Å². The van der Waals surface area contributed by atoms with E-state index in [-0.39, 0.29) is 5.91 Å². The van der Waals surface area contributed by atoms with Gasteiger partial charge in [0, 0.05) is 29.9 Å². The fraction of sp³-hybridized carbons (Fsp3) is 0.211. The Bertz CT molecular complexity index is 761. The Morgan fingerprint density at radius 2 is 1.75 bits per heavy atom. The second-order valence-electron chi connectivity index (χ2n) is 5.14. The maximum absolute atomic E-state index is 12.1. The van der Waals surface area contributed by atoms with Crippen LogP contribution < -0.4 is 10.9 Å². The van der Waals surface area contributed by atoms with E-state index in [9.17, 15) is 9.59 Å². The lowest BCUT2D eigenvalue weighted by Crippen LogP contribution is -2.41. The molecule has 0 unspecified atom stereocenters. The van der Waals surface area contributed by atoms with Crippen molar-refractivity contribution in [1.29, 1.82) is 0 Å². The molecule has 2 aromatic rings. The number of aromatic nitrogens is 1. The van der Waals surface area contributed by atoms with E-state index >= 15 is 0 Å². The fourth-order valence-electron chi connectivity index (χ4n) is 1.91. The molecule has 0 atom stereocenters. The van der Waals surface area contributed by atoms with E-state index < -0.39 is 5.91 Å². The number of amides is 2. The number of carbonyl (C=O) groups is 2. The molecule has 0 aliphatic carbocycles. The Morgan fingerprint density at radius 1 is 1.04 bits per heavy atom. The fourth-order valence-corrected chi connectivity index (χ4v) is 1.91. The van der Waals surface area contributed by atoms with Crippen molar-refractivity contribution in [2.24, 2.45) is 0 Å². The van der Waals surface area contributed by atoms with E-state index in [4.69, 9.17) is 0 Å². The van der Waals surface area contributed by atoms with Crippen molar-refractivity contribution in [1.82, 2.24) is 15.8 Å². The van der Waals surface area contributed by atoms with Crippen LogP contribution in [-0.4, -0.2) is 16.8 Å². The molecule has 5 heteroatoms. The van der Waals surface area contributed by atoms with Crippen LogP contribution in [-0.2, 0) is 0 Å². The van der Waals surface area contributed by atoms with Crippen molar-refractivity contribution >= 4 is 11.8 Å². The molecule has 2 amide bonds. The SMILES string of the molecule is CCCCC#Cc1cncc(C(=O)NNC(=O)c2ccccc2)c1. The van der Waals surface area contributed by atoms with Gasteiger partial charge in [0.1, 0.15) is 0 Å². The van der Waals surface area contributed by atoms with Gasteiger partial charge in [-0.15, -0.1) is 0 Å². The number of hydrogen-bond acceptors (Lipinski definition) is 3. The number of benzene rings is 1. The number of unbranched alkanes of at least 4 members (excludes halogenated alkanes) is 2. The topological polar surface area (TPSA) is 71.1 Å². The monoisotopic (exact) mass is 321 g/mol. The van der Waals surface area contributed by atoms with Gasteiger partial charge in [0.2, 0.25) is 0 Å². The van der Waals surface area contributed by atoms with Gasteiger partial charge in [-0.05, 0) is 24.6 Å². The summed E-state index contributed by atoms with van der Waals surface area (Å²) in [6, 6.07) is 10.3. The van der Waals surface area contributed by atoms with Crippen molar-refractivity contribution < 1.29 is 9.59 Å². The molecule has 0 bridgehead atoms. The predicted octanol–water partition coefficient (Wildman–Crippen LogP) is 2.70. The molecular weight excluding hydrogens is 302 g/mol. The van der Waals surface area contributed by atoms with E-state index in [1.807, 2.05) is 6.07 Å². The minimum Gasteiger partial charge on any atom is -0.267 e. The Labute approximate surface area is 141 Å². The van der Waals surface area contributed by atoms with Crippen molar-refractivity contribution in [2.45, 2.75) is 26.2 Å². The molecule has 0 radical (unpaired) electrons. The molecule has 122 valence electrons. The summed E-state index contributed by atoms with van der Waals surface area (Å²) < 4.78 is 0. The van der Waals surface area contributed by atoms with Gasteiger partial charge in [-0.2, -0.15) is 0 Å². The summed E-state index contributed by atoms with van der Waals surface area (Å²) in [4.78, 5) is 28.0. The largest absolute Gasteiger partial charge is 0.271 e. The molecule has 5 nitrogen and oxygen atoms in total. The van der Waals surface area contributed by atoms with Crippen molar-refractivity contribution in [3.8, 4) is 11.8 Å². The molecule has 1 heterocycles. The summed E-state index contributed by atoms with van der Waals surface area (Å²) in [5.74, 6) is 5.21. The zero-order valence-corrected chi connectivity index (χ0v) is 13.5. The number of hydrogen-bond donors (Lipinski definition) is 2. The van der Waals surface area contributed by atoms with E-state index in [0.717, 1.165) is 19.3 Å². The van der Waals surface area contributed by atoms with Crippen LogP contribution in [0.1, 0.15) is 52.5 Å². The van der Waals surface area contributed by atoms with Gasteiger partial charge in [0.15, 0.2) is 0 Å². The number of carbonyl (C=O) groups excluding carboxylic acids is 2. The second kappa shape index (κ2) is 9.11. The first-order valence-electron chi connectivity index (χ1n) is 7.80. The normalized spacial score (nSPS) is 9.54. The smallest absolute Gasteiger partial charge is 0.267 e. The molecule has 0 saturated carbocycles. The first-order valence-corrected chi connectivity index (χ1v) is 7.80. The average Bonchev–Trinajstić information content (AvgIpc) is 2.64. The van der Waals surface area contributed by atoms with Crippen molar-refractivity contribution in [3.05, 3.63) is 65.5 Å². The quantitative estimate of drug-likeness (QED) is 0.517. The van der Waals surface area contributed by atoms with Crippen LogP contribution in [0, 0.1) is 11.8 Å². The van der Waals surface area contributed by atoms with E-state index in [1.54, 1.807) is 36.5 Å². The molecule has 1 aromatic heterocycles. The van der Waals surface area contributed by atoms with Crippen LogP contribution >= 0.6 is 0 Å². The lowest BCUT2D eigenvalue weighted by Gasteiger charge is -2.07. The summed E-state index contributed by atoms with van der Waals surface area (Å²) in [5, 5.41) is 0. The first-order chi connectivity index (χ1) is 11.7. The van der Waals surface area contributed by atoms with Crippen LogP contribution in [0.15, 0.2) is 48.8 Å². The highest BCUT2D eigenvalue weighted by molar-refractivity contribution is 5.99. The molecule has 2 N–H and O–H groups in total. The third-order valence-corrected chi connectivity index (χ3v) is 3.21. The van der Waals surface area contributed by atoms with Crippen LogP contribution in [0.3, 0.4) is 0 Å². The van der Waals surface area contributed by atoms with Crippen molar-refractivity contribution in [3.63, 3.8) is 0 Å². The summed E-state index contributed by atoms with van der Waals surface area (Å²) in [6.45, 7) is 2.11. The van der Waals surface area contributed by atoms with Gasteiger partial charge in [-0.3, -0.25) is 25.4 Å². The predicted molar refractivity (Wildman–Crippen MR) is 92.0 cm³/mol. The molecule has 0 saturated heterocycles. The Hall–Kier alpha value is -3.13. The number of nitrogens with zero attached hydrogens (tertiary/aromatic N) is 1. The molecule has 24 heavy (non-hydrogen) atoms. The number of rotatable bonds is 4. The minimum atomic E-state index is -0.441. The second-order valence-corrected chi connectivity index (χ2v) is 5.14. The summed E-state index contributed by atoms with van der Waals surface area (Å²) in [5.41, 5.74) is 6.23. The standard InChI is InChI=1S/C19H19N3O2/c1-2-3-4-6-9-15-12-17(14-20-13-15)19(24)22-21-18(23)16-10-7-5-8-11-16/h5,7-8,10-14H,2-4H2,1H3,(H,21,23)(H,22,24). The lowest BCUT2D eigenvalue weighted by molar-refractivity contribution is 0.0846.